The fourth-order valence-corrected chi connectivity index (χ4v) is 2.15. The zero-order valence-electron chi connectivity index (χ0n) is 9.89. The predicted molar refractivity (Wildman–Crippen MR) is 78.8 cm³/mol. The number of aromatic amines is 1. The van der Waals surface area contributed by atoms with Crippen LogP contribution in [0.5, 0.6) is 11.5 Å². The minimum absolute atomic E-state index is 0.175. The Bertz CT molecular complexity index is 778. The van der Waals surface area contributed by atoms with E-state index < -0.39 is 0 Å². The van der Waals surface area contributed by atoms with Crippen LogP contribution in [0, 0.1) is 0 Å². The first-order valence-corrected chi connectivity index (χ1v) is 6.57. The molecule has 3 nitrogen and oxygen atoms in total. The summed E-state index contributed by atoms with van der Waals surface area (Å²) in [7, 11) is 0. The zero-order valence-corrected chi connectivity index (χ0v) is 11.5. The van der Waals surface area contributed by atoms with Gasteiger partial charge < -0.3 is 9.72 Å². The van der Waals surface area contributed by atoms with Gasteiger partial charge in [0, 0.05) is 15.9 Å². The molecule has 2 aromatic carbocycles. The number of aromatic nitrogens is 1. The molecule has 0 fully saturated rings. The Kier molecular flexibility index (Phi) is 3.09. The second-order valence-corrected chi connectivity index (χ2v) is 5.02. The number of benzene rings is 2. The van der Waals surface area contributed by atoms with Gasteiger partial charge in [-0.3, -0.25) is 4.79 Å². The highest BCUT2D eigenvalue weighted by atomic mass is 79.9. The molecule has 3 rings (SSSR count). The van der Waals surface area contributed by atoms with Crippen LogP contribution in [0.4, 0.5) is 0 Å². The molecular weight excluding hydrogens is 306 g/mol. The number of para-hydroxylation sites is 1. The van der Waals surface area contributed by atoms with Crippen LogP contribution in [0.3, 0.4) is 0 Å². The summed E-state index contributed by atoms with van der Waals surface area (Å²) in [6.07, 6.45) is 0. The van der Waals surface area contributed by atoms with Crippen LogP contribution in [0.1, 0.15) is 0 Å². The summed E-state index contributed by atoms with van der Waals surface area (Å²) in [6, 6.07) is 16.5. The molecule has 4 heteroatoms. The van der Waals surface area contributed by atoms with Crippen LogP contribution >= 0.6 is 15.9 Å². The van der Waals surface area contributed by atoms with Crippen molar-refractivity contribution in [3.63, 3.8) is 0 Å². The lowest BCUT2D eigenvalue weighted by atomic mass is 10.2. The third-order valence-electron chi connectivity index (χ3n) is 2.75. The van der Waals surface area contributed by atoms with Crippen molar-refractivity contribution in [1.82, 2.24) is 4.98 Å². The largest absolute Gasteiger partial charge is 0.456 e. The van der Waals surface area contributed by atoms with Crippen molar-refractivity contribution in [2.24, 2.45) is 0 Å². The lowest BCUT2D eigenvalue weighted by molar-refractivity contribution is 0.487. The van der Waals surface area contributed by atoms with Gasteiger partial charge in [-0.1, -0.05) is 28.1 Å². The van der Waals surface area contributed by atoms with Crippen LogP contribution in [0.15, 0.2) is 63.9 Å². The molecule has 0 spiro atoms. The molecule has 0 unspecified atom stereocenters. The van der Waals surface area contributed by atoms with Crippen molar-refractivity contribution in [2.45, 2.75) is 0 Å². The van der Waals surface area contributed by atoms with Gasteiger partial charge in [0.1, 0.15) is 11.5 Å². The van der Waals surface area contributed by atoms with Crippen molar-refractivity contribution in [1.29, 1.82) is 0 Å². The Morgan fingerprint density at radius 1 is 1.00 bits per heavy atom. The normalized spacial score (nSPS) is 10.6. The average molecular weight is 316 g/mol. The average Bonchev–Trinajstić information content (AvgIpc) is 2.41. The van der Waals surface area contributed by atoms with Gasteiger partial charge in [0.05, 0.1) is 5.52 Å². The molecule has 0 saturated heterocycles. The van der Waals surface area contributed by atoms with E-state index in [0.29, 0.717) is 11.5 Å². The first-order chi connectivity index (χ1) is 9.22. The number of hydrogen-bond donors (Lipinski definition) is 1. The third kappa shape index (κ3) is 2.53. The molecule has 0 radical (unpaired) electrons. The summed E-state index contributed by atoms with van der Waals surface area (Å²) in [5.41, 5.74) is 0.591. The van der Waals surface area contributed by atoms with Crippen molar-refractivity contribution in [2.75, 3.05) is 0 Å². The molecule has 94 valence electrons. The van der Waals surface area contributed by atoms with E-state index in [0.717, 1.165) is 15.4 Å². The molecule has 0 atom stereocenters. The van der Waals surface area contributed by atoms with Crippen LogP contribution in [-0.2, 0) is 0 Å². The summed E-state index contributed by atoms with van der Waals surface area (Å²) in [4.78, 5) is 14.4. The Labute approximate surface area is 118 Å². The van der Waals surface area contributed by atoms with E-state index in [-0.39, 0.29) is 5.56 Å². The van der Waals surface area contributed by atoms with E-state index in [1.165, 1.54) is 6.07 Å². The number of pyridine rings is 1. The Morgan fingerprint density at radius 3 is 2.53 bits per heavy atom. The highest BCUT2D eigenvalue weighted by molar-refractivity contribution is 9.10. The van der Waals surface area contributed by atoms with Gasteiger partial charge in [-0.25, -0.2) is 0 Å². The lowest BCUT2D eigenvalue weighted by Gasteiger charge is -2.08. The van der Waals surface area contributed by atoms with Crippen LogP contribution in [-0.4, -0.2) is 4.98 Å². The van der Waals surface area contributed by atoms with E-state index in [4.69, 9.17) is 4.74 Å². The molecule has 0 saturated carbocycles. The minimum atomic E-state index is -0.175. The number of fused-ring (bicyclic) bond motifs is 1. The van der Waals surface area contributed by atoms with E-state index in [1.807, 2.05) is 48.5 Å². The number of rotatable bonds is 2. The molecule has 0 amide bonds. The van der Waals surface area contributed by atoms with Crippen LogP contribution in [0.2, 0.25) is 0 Å². The molecule has 0 aliphatic carbocycles. The van der Waals surface area contributed by atoms with Crippen LogP contribution in [0.25, 0.3) is 10.9 Å². The van der Waals surface area contributed by atoms with E-state index >= 15 is 0 Å². The number of ether oxygens (including phenoxy) is 1. The van der Waals surface area contributed by atoms with E-state index in [9.17, 15) is 4.79 Å². The van der Waals surface area contributed by atoms with Gasteiger partial charge in [0.25, 0.3) is 5.56 Å². The SMILES string of the molecule is O=c1cc(Oc2ccc(Br)cc2)c2ccccc2[nH]1. The maximum absolute atomic E-state index is 11.6. The summed E-state index contributed by atoms with van der Waals surface area (Å²) in [5, 5.41) is 0.880. The molecular formula is C15H10BrNO2. The zero-order chi connectivity index (χ0) is 13.2. The van der Waals surface area contributed by atoms with Gasteiger partial charge >= 0.3 is 0 Å². The lowest BCUT2D eigenvalue weighted by Crippen LogP contribution is -2.04. The van der Waals surface area contributed by atoms with E-state index in [1.54, 1.807) is 0 Å². The molecule has 0 aliphatic rings. The molecule has 1 N–H and O–H groups in total. The standard InChI is InChI=1S/C15H10BrNO2/c16-10-5-7-11(8-6-10)19-14-9-15(18)17-13-4-2-1-3-12(13)14/h1-9H,(H,17,18). The predicted octanol–water partition coefficient (Wildman–Crippen LogP) is 4.08. The molecule has 1 heterocycles. The van der Waals surface area contributed by atoms with Crippen molar-refractivity contribution in [3.8, 4) is 11.5 Å². The van der Waals surface area contributed by atoms with Gasteiger partial charge in [0.2, 0.25) is 0 Å². The smallest absolute Gasteiger partial charge is 0.252 e. The molecule has 3 aromatic rings. The summed E-state index contributed by atoms with van der Waals surface area (Å²) in [5.74, 6) is 1.25. The maximum Gasteiger partial charge on any atom is 0.252 e. The molecule has 1 aromatic heterocycles. The molecule has 0 bridgehead atoms. The monoisotopic (exact) mass is 315 g/mol. The third-order valence-corrected chi connectivity index (χ3v) is 3.28. The van der Waals surface area contributed by atoms with E-state index in [2.05, 4.69) is 20.9 Å². The fraction of sp³-hybridized carbons (Fsp3) is 0. The Morgan fingerprint density at radius 2 is 1.74 bits per heavy atom. The van der Waals surface area contributed by atoms with Crippen molar-refractivity contribution >= 4 is 26.8 Å². The van der Waals surface area contributed by atoms with Crippen molar-refractivity contribution < 1.29 is 4.74 Å². The number of H-pyrrole nitrogens is 1. The first-order valence-electron chi connectivity index (χ1n) is 5.78. The fourth-order valence-electron chi connectivity index (χ4n) is 1.89. The van der Waals surface area contributed by atoms with Crippen LogP contribution < -0.4 is 10.3 Å². The molecule has 19 heavy (non-hydrogen) atoms. The van der Waals surface area contributed by atoms with Gasteiger partial charge in [-0.05, 0) is 36.4 Å². The minimum Gasteiger partial charge on any atom is -0.456 e. The molecule has 0 aliphatic heterocycles. The highest BCUT2D eigenvalue weighted by Gasteiger charge is 2.05. The Balaban J connectivity index is 2.09. The maximum atomic E-state index is 11.6. The summed E-state index contributed by atoms with van der Waals surface area (Å²) in [6.45, 7) is 0. The number of hydrogen-bond acceptors (Lipinski definition) is 2. The van der Waals surface area contributed by atoms with Gasteiger partial charge in [-0.15, -0.1) is 0 Å². The van der Waals surface area contributed by atoms with Gasteiger partial charge in [-0.2, -0.15) is 0 Å². The Hall–Kier alpha value is -2.07. The second kappa shape index (κ2) is 4.90. The number of nitrogens with one attached hydrogen (secondary N) is 1. The van der Waals surface area contributed by atoms with Crippen molar-refractivity contribution in [3.05, 3.63) is 69.4 Å². The second-order valence-electron chi connectivity index (χ2n) is 4.10. The topological polar surface area (TPSA) is 42.1 Å². The quantitative estimate of drug-likeness (QED) is 0.774. The first kappa shape index (κ1) is 12.0. The van der Waals surface area contributed by atoms with Gasteiger partial charge in [0.15, 0.2) is 0 Å². The summed E-state index contributed by atoms with van der Waals surface area (Å²) < 4.78 is 6.77. The highest BCUT2D eigenvalue weighted by Crippen LogP contribution is 2.28. The number of halogens is 1. The summed E-state index contributed by atoms with van der Waals surface area (Å²) >= 11 is 3.37.